The van der Waals surface area contributed by atoms with Gasteiger partial charge in [0.1, 0.15) is 12.4 Å². The van der Waals surface area contributed by atoms with Gasteiger partial charge in [-0.1, -0.05) is 19.1 Å². The van der Waals surface area contributed by atoms with E-state index in [9.17, 15) is 0 Å². The van der Waals surface area contributed by atoms with Gasteiger partial charge in [-0.05, 0) is 31.3 Å². The molecule has 0 bridgehead atoms. The summed E-state index contributed by atoms with van der Waals surface area (Å²) in [6.07, 6.45) is 0. The minimum Gasteiger partial charge on any atom is -0.492 e. The second kappa shape index (κ2) is 9.78. The van der Waals surface area contributed by atoms with Crippen molar-refractivity contribution in [3.8, 4) is 5.75 Å². The molecule has 0 aliphatic heterocycles. The summed E-state index contributed by atoms with van der Waals surface area (Å²) in [7, 11) is 3.80. The molecular weight excluding hydrogens is 240 g/mol. The molecule has 0 spiro atoms. The van der Waals surface area contributed by atoms with Gasteiger partial charge in [0.2, 0.25) is 0 Å². The van der Waals surface area contributed by atoms with E-state index in [1.54, 1.807) is 7.11 Å². The molecule has 0 aliphatic carbocycles. The predicted octanol–water partition coefficient (Wildman–Crippen LogP) is 1.75. The highest BCUT2D eigenvalue weighted by atomic mass is 16.5. The molecule has 0 radical (unpaired) electrons. The summed E-state index contributed by atoms with van der Waals surface area (Å²) in [5.41, 5.74) is 1.26. The Bertz CT molecular complexity index is 345. The number of nitrogens with one attached hydrogen (secondary N) is 1. The van der Waals surface area contributed by atoms with Gasteiger partial charge in [0.15, 0.2) is 0 Å². The quantitative estimate of drug-likeness (QED) is 0.699. The topological polar surface area (TPSA) is 33.7 Å². The summed E-state index contributed by atoms with van der Waals surface area (Å²) < 4.78 is 10.8. The number of likely N-dealkylation sites (N-methyl/N-ethyl adjacent to an activating group) is 1. The van der Waals surface area contributed by atoms with Crippen LogP contribution in [0, 0.1) is 0 Å². The molecule has 4 nitrogen and oxygen atoms in total. The number of ether oxygens (including phenoxy) is 2. The Morgan fingerprint density at radius 2 is 2.00 bits per heavy atom. The highest BCUT2D eigenvalue weighted by molar-refractivity contribution is 5.28. The summed E-state index contributed by atoms with van der Waals surface area (Å²) >= 11 is 0. The van der Waals surface area contributed by atoms with Crippen molar-refractivity contribution >= 4 is 0 Å². The lowest BCUT2D eigenvalue weighted by Gasteiger charge is -2.16. The molecule has 0 saturated carbocycles. The van der Waals surface area contributed by atoms with E-state index in [-0.39, 0.29) is 0 Å². The molecule has 0 atom stereocenters. The molecule has 1 rings (SSSR count). The molecule has 0 heterocycles. The van der Waals surface area contributed by atoms with Gasteiger partial charge in [-0.15, -0.1) is 0 Å². The molecule has 1 aromatic rings. The largest absolute Gasteiger partial charge is 0.492 e. The summed E-state index contributed by atoms with van der Waals surface area (Å²) in [5, 5.41) is 3.31. The maximum absolute atomic E-state index is 5.77. The third kappa shape index (κ3) is 7.15. The fourth-order valence-electron chi connectivity index (χ4n) is 1.69. The molecule has 0 aliphatic rings. The van der Waals surface area contributed by atoms with Crippen LogP contribution in [0.2, 0.25) is 0 Å². The minimum absolute atomic E-state index is 0.699. The number of benzene rings is 1. The first-order valence-corrected chi connectivity index (χ1v) is 6.86. The summed E-state index contributed by atoms with van der Waals surface area (Å²) in [5.74, 6) is 0.940. The number of methoxy groups -OCH3 is 1. The van der Waals surface area contributed by atoms with Crippen molar-refractivity contribution in [2.75, 3.05) is 47.0 Å². The lowest BCUT2D eigenvalue weighted by atomic mass is 10.2. The standard InChI is InChI=1S/C15H26N2O2/c1-4-16-13-14-6-5-7-15(12-14)19-11-9-17(2)8-10-18-3/h5-7,12,16H,4,8-11,13H2,1-3H3. The maximum atomic E-state index is 5.77. The van der Waals surface area contributed by atoms with Crippen LogP contribution in [-0.2, 0) is 11.3 Å². The van der Waals surface area contributed by atoms with E-state index in [4.69, 9.17) is 9.47 Å². The Labute approximate surface area is 116 Å². The fraction of sp³-hybridized carbons (Fsp3) is 0.600. The third-order valence-electron chi connectivity index (χ3n) is 2.90. The van der Waals surface area contributed by atoms with Crippen LogP contribution in [-0.4, -0.2) is 51.9 Å². The Morgan fingerprint density at radius 3 is 2.74 bits per heavy atom. The van der Waals surface area contributed by atoms with Crippen molar-refractivity contribution in [2.24, 2.45) is 0 Å². The average Bonchev–Trinajstić information content (AvgIpc) is 2.43. The molecule has 0 fully saturated rings. The highest BCUT2D eigenvalue weighted by Gasteiger charge is 2.00. The molecular formula is C15H26N2O2. The summed E-state index contributed by atoms with van der Waals surface area (Å²) in [6, 6.07) is 8.25. The van der Waals surface area contributed by atoms with Crippen LogP contribution in [0.1, 0.15) is 12.5 Å². The average molecular weight is 266 g/mol. The first-order valence-electron chi connectivity index (χ1n) is 6.86. The van der Waals surface area contributed by atoms with Crippen LogP contribution in [0.3, 0.4) is 0 Å². The van der Waals surface area contributed by atoms with Crippen LogP contribution in [0.25, 0.3) is 0 Å². The van der Waals surface area contributed by atoms with E-state index >= 15 is 0 Å². The Morgan fingerprint density at radius 1 is 1.21 bits per heavy atom. The van der Waals surface area contributed by atoms with Gasteiger partial charge >= 0.3 is 0 Å². The molecule has 108 valence electrons. The third-order valence-corrected chi connectivity index (χ3v) is 2.90. The fourth-order valence-corrected chi connectivity index (χ4v) is 1.69. The van der Waals surface area contributed by atoms with Crippen LogP contribution in [0.15, 0.2) is 24.3 Å². The zero-order chi connectivity index (χ0) is 13.9. The lowest BCUT2D eigenvalue weighted by molar-refractivity contribution is 0.150. The number of hydrogen-bond acceptors (Lipinski definition) is 4. The second-order valence-corrected chi connectivity index (χ2v) is 4.57. The monoisotopic (exact) mass is 266 g/mol. The van der Waals surface area contributed by atoms with Crippen molar-refractivity contribution in [3.05, 3.63) is 29.8 Å². The predicted molar refractivity (Wildman–Crippen MR) is 78.7 cm³/mol. The van der Waals surface area contributed by atoms with Gasteiger partial charge in [-0.2, -0.15) is 0 Å². The van der Waals surface area contributed by atoms with Gasteiger partial charge in [-0.3, -0.25) is 0 Å². The van der Waals surface area contributed by atoms with Gasteiger partial charge in [0.05, 0.1) is 6.61 Å². The van der Waals surface area contributed by atoms with Crippen LogP contribution in [0.5, 0.6) is 5.75 Å². The zero-order valence-corrected chi connectivity index (χ0v) is 12.3. The Hall–Kier alpha value is -1.10. The Kier molecular flexibility index (Phi) is 8.21. The normalized spacial score (nSPS) is 10.9. The van der Waals surface area contributed by atoms with Crippen LogP contribution >= 0.6 is 0 Å². The zero-order valence-electron chi connectivity index (χ0n) is 12.3. The first kappa shape index (κ1) is 16.0. The second-order valence-electron chi connectivity index (χ2n) is 4.57. The molecule has 0 amide bonds. The summed E-state index contributed by atoms with van der Waals surface area (Å²) in [4.78, 5) is 2.20. The first-order chi connectivity index (χ1) is 9.26. The van der Waals surface area contributed by atoms with Crippen LogP contribution < -0.4 is 10.1 Å². The van der Waals surface area contributed by atoms with E-state index < -0.39 is 0 Å². The molecule has 0 aromatic heterocycles. The van der Waals surface area contributed by atoms with Crippen molar-refractivity contribution in [1.82, 2.24) is 10.2 Å². The van der Waals surface area contributed by atoms with Crippen molar-refractivity contribution in [2.45, 2.75) is 13.5 Å². The number of hydrogen-bond donors (Lipinski definition) is 1. The molecule has 4 heteroatoms. The molecule has 0 unspecified atom stereocenters. The minimum atomic E-state index is 0.699. The van der Waals surface area contributed by atoms with Crippen molar-refractivity contribution in [1.29, 1.82) is 0 Å². The van der Waals surface area contributed by atoms with E-state index in [0.717, 1.165) is 38.5 Å². The van der Waals surface area contributed by atoms with Crippen molar-refractivity contribution in [3.63, 3.8) is 0 Å². The Balaban J connectivity index is 2.28. The van der Waals surface area contributed by atoms with Crippen LogP contribution in [0.4, 0.5) is 0 Å². The van der Waals surface area contributed by atoms with E-state index in [1.807, 2.05) is 12.1 Å². The molecule has 1 aromatic carbocycles. The van der Waals surface area contributed by atoms with Gasteiger partial charge in [0, 0.05) is 26.7 Å². The van der Waals surface area contributed by atoms with Gasteiger partial charge < -0.3 is 19.7 Å². The van der Waals surface area contributed by atoms with Gasteiger partial charge in [0.25, 0.3) is 0 Å². The van der Waals surface area contributed by atoms with Gasteiger partial charge in [-0.25, -0.2) is 0 Å². The number of rotatable bonds is 10. The highest BCUT2D eigenvalue weighted by Crippen LogP contribution is 2.13. The van der Waals surface area contributed by atoms with E-state index in [1.165, 1.54) is 5.56 Å². The smallest absolute Gasteiger partial charge is 0.119 e. The summed E-state index contributed by atoms with van der Waals surface area (Å²) in [6.45, 7) is 7.27. The molecule has 0 saturated heterocycles. The van der Waals surface area contributed by atoms with E-state index in [2.05, 4.69) is 36.3 Å². The molecule has 1 N–H and O–H groups in total. The maximum Gasteiger partial charge on any atom is 0.119 e. The lowest BCUT2D eigenvalue weighted by Crippen LogP contribution is -2.27. The molecule has 19 heavy (non-hydrogen) atoms. The van der Waals surface area contributed by atoms with E-state index in [0.29, 0.717) is 6.61 Å². The van der Waals surface area contributed by atoms with Crippen molar-refractivity contribution < 1.29 is 9.47 Å². The SMILES string of the molecule is CCNCc1cccc(OCCN(C)CCOC)c1. The number of nitrogens with zero attached hydrogens (tertiary/aromatic N) is 1.